The van der Waals surface area contributed by atoms with E-state index in [0.717, 1.165) is 18.7 Å². The highest BCUT2D eigenvalue weighted by atomic mass is 19.1. The maximum atomic E-state index is 13.0. The third kappa shape index (κ3) is 2.14. The van der Waals surface area contributed by atoms with E-state index in [-0.39, 0.29) is 5.82 Å². The second-order valence-corrected chi connectivity index (χ2v) is 5.44. The van der Waals surface area contributed by atoms with Crippen molar-refractivity contribution in [2.24, 2.45) is 0 Å². The zero-order valence-corrected chi connectivity index (χ0v) is 11.0. The van der Waals surface area contributed by atoms with Gasteiger partial charge in [0.25, 0.3) is 0 Å². The van der Waals surface area contributed by atoms with Crippen LogP contribution in [0.1, 0.15) is 37.0 Å². The number of nitrogens with zero attached hydrogens (tertiary/aromatic N) is 2. The average molecular weight is 261 g/mol. The quantitative estimate of drug-likeness (QED) is 0.920. The molecule has 1 fully saturated rings. The Morgan fingerprint density at radius 2 is 1.95 bits per heavy atom. The first-order valence-electron chi connectivity index (χ1n) is 6.38. The third-order valence-electron chi connectivity index (χ3n) is 3.70. The third-order valence-corrected chi connectivity index (χ3v) is 3.70. The summed E-state index contributed by atoms with van der Waals surface area (Å²) < 4.78 is 18.3. The Kier molecular flexibility index (Phi) is 2.86. The van der Waals surface area contributed by atoms with Crippen LogP contribution in [0.25, 0.3) is 0 Å². The van der Waals surface area contributed by atoms with E-state index in [0.29, 0.717) is 17.6 Å². The van der Waals surface area contributed by atoms with E-state index in [1.54, 1.807) is 12.1 Å². The molecule has 100 valence electrons. The van der Waals surface area contributed by atoms with Crippen LogP contribution in [0.4, 0.5) is 4.39 Å². The van der Waals surface area contributed by atoms with Gasteiger partial charge in [0.1, 0.15) is 5.82 Å². The van der Waals surface area contributed by atoms with Crippen molar-refractivity contribution in [1.29, 1.82) is 0 Å². The molecule has 1 N–H and O–H groups in total. The highest BCUT2D eigenvalue weighted by molar-refractivity contribution is 5.30. The topological polar surface area (TPSA) is 51.0 Å². The molecule has 0 bridgehead atoms. The maximum absolute atomic E-state index is 13.0. The van der Waals surface area contributed by atoms with Gasteiger partial charge >= 0.3 is 0 Å². The molecule has 1 saturated heterocycles. The highest BCUT2D eigenvalue weighted by Crippen LogP contribution is 2.30. The van der Waals surface area contributed by atoms with Crippen LogP contribution in [0.3, 0.4) is 0 Å². The molecule has 1 aromatic heterocycles. The Morgan fingerprint density at radius 1 is 1.26 bits per heavy atom. The van der Waals surface area contributed by atoms with Crippen LogP contribution in [0, 0.1) is 5.82 Å². The van der Waals surface area contributed by atoms with Crippen molar-refractivity contribution in [3.63, 3.8) is 0 Å². The van der Waals surface area contributed by atoms with E-state index < -0.39 is 5.41 Å². The van der Waals surface area contributed by atoms with Crippen molar-refractivity contribution in [3.05, 3.63) is 47.4 Å². The van der Waals surface area contributed by atoms with Gasteiger partial charge in [0.2, 0.25) is 5.89 Å². The summed E-state index contributed by atoms with van der Waals surface area (Å²) in [5, 5.41) is 7.26. The molecule has 1 aliphatic heterocycles. The Hall–Kier alpha value is -1.75. The molecule has 0 radical (unpaired) electrons. The highest BCUT2D eigenvalue weighted by Gasteiger charge is 2.32. The van der Waals surface area contributed by atoms with Crippen LogP contribution in [-0.2, 0) is 5.41 Å². The molecular weight excluding hydrogens is 245 g/mol. The van der Waals surface area contributed by atoms with Crippen molar-refractivity contribution in [1.82, 2.24) is 15.5 Å². The minimum atomic E-state index is -0.396. The summed E-state index contributed by atoms with van der Waals surface area (Å²) in [7, 11) is 0. The smallest absolute Gasteiger partial charge is 0.232 e. The van der Waals surface area contributed by atoms with Crippen molar-refractivity contribution >= 4 is 0 Å². The Bertz CT molecular complexity index is 573. The molecule has 4 nitrogen and oxygen atoms in total. The van der Waals surface area contributed by atoms with Gasteiger partial charge in [-0.2, -0.15) is 4.98 Å². The second-order valence-electron chi connectivity index (χ2n) is 5.44. The fraction of sp³-hybridized carbons (Fsp3) is 0.429. The fourth-order valence-electron chi connectivity index (χ4n) is 2.11. The summed E-state index contributed by atoms with van der Waals surface area (Å²) in [6.07, 6.45) is 0. The zero-order valence-electron chi connectivity index (χ0n) is 11.0. The van der Waals surface area contributed by atoms with Crippen molar-refractivity contribution in [2.75, 3.05) is 13.1 Å². The van der Waals surface area contributed by atoms with Crippen molar-refractivity contribution in [3.8, 4) is 0 Å². The van der Waals surface area contributed by atoms with Crippen LogP contribution >= 0.6 is 0 Å². The number of benzene rings is 1. The van der Waals surface area contributed by atoms with Crippen LogP contribution in [-0.4, -0.2) is 23.2 Å². The molecular formula is C14H16FN3O. The van der Waals surface area contributed by atoms with Gasteiger partial charge in [-0.05, 0) is 31.5 Å². The Labute approximate surface area is 111 Å². The Balaban J connectivity index is 1.90. The molecule has 0 unspecified atom stereocenters. The predicted octanol–water partition coefficient (Wildman–Crippen LogP) is 2.22. The lowest BCUT2D eigenvalue weighted by Crippen LogP contribution is -2.40. The van der Waals surface area contributed by atoms with Crippen molar-refractivity contribution in [2.45, 2.75) is 25.2 Å². The molecule has 5 heteroatoms. The molecule has 1 aliphatic rings. The standard InChI is InChI=1S/C14H16FN3O/c1-14(2,10-3-5-11(15)6-4-10)13-17-12(19-18-13)9-7-16-8-9/h3-6,9,16H,7-8H2,1-2H3. The van der Waals surface area contributed by atoms with E-state index >= 15 is 0 Å². The molecule has 2 heterocycles. The largest absolute Gasteiger partial charge is 0.339 e. The van der Waals surface area contributed by atoms with Crippen LogP contribution < -0.4 is 5.32 Å². The molecule has 3 rings (SSSR count). The summed E-state index contributed by atoms with van der Waals surface area (Å²) in [6, 6.07) is 6.42. The minimum Gasteiger partial charge on any atom is -0.339 e. The molecule has 0 aliphatic carbocycles. The minimum absolute atomic E-state index is 0.242. The number of hydrogen-bond donors (Lipinski definition) is 1. The lowest BCUT2D eigenvalue weighted by molar-refractivity contribution is 0.304. The van der Waals surface area contributed by atoms with Crippen molar-refractivity contribution < 1.29 is 8.91 Å². The lowest BCUT2D eigenvalue weighted by Gasteiger charge is -2.23. The summed E-state index contributed by atoms with van der Waals surface area (Å²) in [5.74, 6) is 1.41. The van der Waals surface area contributed by atoms with Gasteiger partial charge in [-0.3, -0.25) is 0 Å². The summed E-state index contributed by atoms with van der Waals surface area (Å²) in [6.45, 7) is 5.79. The second kappa shape index (κ2) is 4.42. The van der Waals surface area contributed by atoms with E-state index in [1.165, 1.54) is 12.1 Å². The maximum Gasteiger partial charge on any atom is 0.232 e. The fourth-order valence-corrected chi connectivity index (χ4v) is 2.11. The first-order chi connectivity index (χ1) is 9.07. The number of hydrogen-bond acceptors (Lipinski definition) is 4. The molecule has 0 saturated carbocycles. The van der Waals surface area contributed by atoms with Gasteiger partial charge in [-0.25, -0.2) is 4.39 Å². The number of rotatable bonds is 3. The SMILES string of the molecule is CC(C)(c1ccc(F)cc1)c1noc(C2CNC2)n1. The van der Waals surface area contributed by atoms with E-state index in [1.807, 2.05) is 13.8 Å². The summed E-state index contributed by atoms with van der Waals surface area (Å²) in [4.78, 5) is 4.49. The van der Waals surface area contributed by atoms with Crippen LogP contribution in [0.5, 0.6) is 0 Å². The zero-order chi connectivity index (χ0) is 13.5. The van der Waals surface area contributed by atoms with Gasteiger partial charge in [-0.15, -0.1) is 0 Å². The number of nitrogens with one attached hydrogen (secondary N) is 1. The summed E-state index contributed by atoms with van der Waals surface area (Å²) in [5.41, 5.74) is 0.570. The van der Waals surface area contributed by atoms with E-state index in [2.05, 4.69) is 15.5 Å². The van der Waals surface area contributed by atoms with Gasteiger partial charge in [0.15, 0.2) is 5.82 Å². The average Bonchev–Trinajstić information content (AvgIpc) is 2.77. The molecule has 2 aromatic rings. The first-order valence-corrected chi connectivity index (χ1v) is 6.38. The number of halogens is 1. The van der Waals surface area contributed by atoms with Crippen LogP contribution in [0.2, 0.25) is 0 Å². The molecule has 1 aromatic carbocycles. The lowest BCUT2D eigenvalue weighted by atomic mass is 9.84. The first kappa shape index (κ1) is 12.3. The van der Waals surface area contributed by atoms with Gasteiger partial charge in [-0.1, -0.05) is 17.3 Å². The number of aromatic nitrogens is 2. The molecule has 0 atom stereocenters. The molecule has 0 spiro atoms. The molecule has 19 heavy (non-hydrogen) atoms. The van der Waals surface area contributed by atoms with Crippen LogP contribution in [0.15, 0.2) is 28.8 Å². The predicted molar refractivity (Wildman–Crippen MR) is 68.4 cm³/mol. The Morgan fingerprint density at radius 3 is 2.53 bits per heavy atom. The van der Waals surface area contributed by atoms with Gasteiger partial charge in [0, 0.05) is 13.1 Å². The normalized spacial score (nSPS) is 16.4. The summed E-state index contributed by atoms with van der Waals surface area (Å²) >= 11 is 0. The monoisotopic (exact) mass is 261 g/mol. The van der Waals surface area contributed by atoms with Gasteiger partial charge < -0.3 is 9.84 Å². The van der Waals surface area contributed by atoms with E-state index in [4.69, 9.17) is 4.52 Å². The molecule has 0 amide bonds. The van der Waals surface area contributed by atoms with Gasteiger partial charge in [0.05, 0.1) is 11.3 Å². The van der Waals surface area contributed by atoms with E-state index in [9.17, 15) is 4.39 Å².